The monoisotopic (exact) mass is 451 g/mol. The molecule has 9 heteroatoms. The maximum Gasteiger partial charge on any atom is 0.262 e. The van der Waals surface area contributed by atoms with Gasteiger partial charge in [0.1, 0.15) is 11.5 Å². The lowest BCUT2D eigenvalue weighted by Gasteiger charge is -2.13. The van der Waals surface area contributed by atoms with Crippen molar-refractivity contribution in [1.82, 2.24) is 4.98 Å². The summed E-state index contributed by atoms with van der Waals surface area (Å²) in [7, 11) is -2.56. The number of para-hydroxylation sites is 3. The third-order valence-corrected chi connectivity index (χ3v) is 6.29. The number of benzene rings is 3. The van der Waals surface area contributed by atoms with E-state index in [1.165, 1.54) is 25.3 Å². The van der Waals surface area contributed by atoms with Crippen LogP contribution >= 0.6 is 0 Å². The van der Waals surface area contributed by atoms with E-state index in [2.05, 4.69) is 15.0 Å². The van der Waals surface area contributed by atoms with Crippen LogP contribution in [0.2, 0.25) is 0 Å². The molecular formula is C23H21N3O5S. The second kappa shape index (κ2) is 8.64. The summed E-state index contributed by atoms with van der Waals surface area (Å²) in [6, 6.07) is 17.9. The van der Waals surface area contributed by atoms with Gasteiger partial charge in [-0.25, -0.2) is 8.42 Å². The fraction of sp³-hybridized carbons (Fsp3) is 0.0870. The standard InChI is InChI=1S/C23H21N3O5S/c1-31-22-9-5-4-8-19(22)26-32(29,30)16-10-11-21(27)20(13-16)25-23(28)12-15-14-24-18-7-3-2-6-17(15)18/h2-11,13-14,24,26-27H,12H2,1H3,(H,25,28). The summed E-state index contributed by atoms with van der Waals surface area (Å²) in [6.45, 7) is 0. The fourth-order valence-electron chi connectivity index (χ4n) is 3.36. The van der Waals surface area contributed by atoms with E-state index >= 15 is 0 Å². The number of amides is 1. The van der Waals surface area contributed by atoms with Crippen LogP contribution in [0.1, 0.15) is 5.56 Å². The Hall–Kier alpha value is -3.98. The average Bonchev–Trinajstić information content (AvgIpc) is 3.18. The van der Waals surface area contributed by atoms with Crippen LogP contribution in [0.4, 0.5) is 11.4 Å². The Kier molecular flexibility index (Phi) is 5.74. The zero-order valence-electron chi connectivity index (χ0n) is 17.1. The summed E-state index contributed by atoms with van der Waals surface area (Å²) in [5, 5.41) is 13.7. The molecule has 0 aliphatic carbocycles. The molecule has 4 aromatic rings. The van der Waals surface area contributed by atoms with Crippen molar-refractivity contribution in [3.63, 3.8) is 0 Å². The van der Waals surface area contributed by atoms with Crippen LogP contribution in [0.25, 0.3) is 10.9 Å². The number of phenolic OH excluding ortho intramolecular Hbond substituents is 1. The van der Waals surface area contributed by atoms with E-state index in [1.54, 1.807) is 30.5 Å². The Balaban J connectivity index is 1.55. The van der Waals surface area contributed by atoms with E-state index in [-0.39, 0.29) is 28.4 Å². The van der Waals surface area contributed by atoms with Gasteiger partial charge in [-0.3, -0.25) is 9.52 Å². The molecule has 32 heavy (non-hydrogen) atoms. The molecule has 8 nitrogen and oxygen atoms in total. The summed E-state index contributed by atoms with van der Waals surface area (Å²) in [5.41, 5.74) is 1.97. The summed E-state index contributed by atoms with van der Waals surface area (Å²) in [4.78, 5) is 15.6. The molecule has 3 aromatic carbocycles. The zero-order chi connectivity index (χ0) is 22.7. The van der Waals surface area contributed by atoms with Gasteiger partial charge in [0, 0.05) is 17.1 Å². The highest BCUT2D eigenvalue weighted by Gasteiger charge is 2.19. The van der Waals surface area contributed by atoms with E-state index in [1.807, 2.05) is 24.3 Å². The van der Waals surface area contributed by atoms with E-state index in [9.17, 15) is 18.3 Å². The third kappa shape index (κ3) is 4.37. The number of carbonyl (C=O) groups excluding carboxylic acids is 1. The van der Waals surface area contributed by atoms with E-state index < -0.39 is 15.9 Å². The lowest BCUT2D eigenvalue weighted by molar-refractivity contribution is -0.115. The minimum absolute atomic E-state index is 0.00209. The van der Waals surface area contributed by atoms with Gasteiger partial charge in [-0.15, -0.1) is 0 Å². The van der Waals surface area contributed by atoms with Crippen molar-refractivity contribution in [3.8, 4) is 11.5 Å². The Morgan fingerprint density at radius 1 is 1.03 bits per heavy atom. The molecule has 1 heterocycles. The number of carbonyl (C=O) groups is 1. The number of sulfonamides is 1. The van der Waals surface area contributed by atoms with Crippen molar-refractivity contribution < 1.29 is 23.1 Å². The first kappa shape index (κ1) is 21.3. The molecular weight excluding hydrogens is 430 g/mol. The maximum atomic E-state index is 12.9. The van der Waals surface area contributed by atoms with Gasteiger partial charge < -0.3 is 20.1 Å². The smallest absolute Gasteiger partial charge is 0.262 e. The third-order valence-electron chi connectivity index (χ3n) is 4.93. The zero-order valence-corrected chi connectivity index (χ0v) is 17.9. The van der Waals surface area contributed by atoms with Gasteiger partial charge in [0.2, 0.25) is 5.91 Å². The highest BCUT2D eigenvalue weighted by Crippen LogP contribution is 2.30. The fourth-order valence-corrected chi connectivity index (χ4v) is 4.46. The largest absolute Gasteiger partial charge is 0.506 e. The van der Waals surface area contributed by atoms with Crippen LogP contribution in [0.15, 0.2) is 77.8 Å². The molecule has 0 aliphatic rings. The quantitative estimate of drug-likeness (QED) is 0.318. The number of aromatic hydroxyl groups is 1. The number of hydrogen-bond acceptors (Lipinski definition) is 5. The lowest BCUT2D eigenvalue weighted by Crippen LogP contribution is -2.16. The first-order chi connectivity index (χ1) is 15.4. The molecule has 0 radical (unpaired) electrons. The molecule has 0 fully saturated rings. The number of nitrogens with one attached hydrogen (secondary N) is 3. The van der Waals surface area contributed by atoms with Crippen LogP contribution in [0.5, 0.6) is 11.5 Å². The molecule has 0 bridgehead atoms. The number of fused-ring (bicyclic) bond motifs is 1. The summed E-state index contributed by atoms with van der Waals surface area (Å²) < 4.78 is 33.3. The SMILES string of the molecule is COc1ccccc1NS(=O)(=O)c1ccc(O)c(NC(=O)Cc2c[nH]c3ccccc23)c1. The van der Waals surface area contributed by atoms with Gasteiger partial charge in [0.05, 0.1) is 29.8 Å². The summed E-state index contributed by atoms with van der Waals surface area (Å²) >= 11 is 0. The molecule has 1 amide bonds. The number of H-pyrrole nitrogens is 1. The Labute approximate surface area is 184 Å². The topological polar surface area (TPSA) is 121 Å². The number of anilines is 2. The number of phenols is 1. The Bertz CT molecular complexity index is 1400. The maximum absolute atomic E-state index is 12.9. The van der Waals surface area contributed by atoms with Crippen LogP contribution < -0.4 is 14.8 Å². The van der Waals surface area contributed by atoms with Gasteiger partial charge in [-0.1, -0.05) is 30.3 Å². The van der Waals surface area contributed by atoms with Crippen LogP contribution in [-0.2, 0) is 21.2 Å². The van der Waals surface area contributed by atoms with Gasteiger partial charge in [-0.2, -0.15) is 0 Å². The van der Waals surface area contributed by atoms with Gasteiger partial charge in [0.15, 0.2) is 0 Å². The van der Waals surface area contributed by atoms with Crippen molar-refractivity contribution in [2.24, 2.45) is 0 Å². The molecule has 1 aromatic heterocycles. The van der Waals surface area contributed by atoms with E-state index in [4.69, 9.17) is 4.74 Å². The number of hydrogen-bond donors (Lipinski definition) is 4. The number of methoxy groups -OCH3 is 1. The summed E-state index contributed by atoms with van der Waals surface area (Å²) in [6.07, 6.45) is 1.81. The minimum Gasteiger partial charge on any atom is -0.506 e. The second-order valence-corrected chi connectivity index (χ2v) is 8.75. The molecule has 0 atom stereocenters. The van der Waals surface area contributed by atoms with Crippen molar-refractivity contribution in [2.45, 2.75) is 11.3 Å². The number of aromatic amines is 1. The van der Waals surface area contributed by atoms with Crippen molar-refractivity contribution >= 4 is 38.2 Å². The van der Waals surface area contributed by atoms with Gasteiger partial charge >= 0.3 is 0 Å². The average molecular weight is 452 g/mol. The minimum atomic E-state index is -4.00. The highest BCUT2D eigenvalue weighted by molar-refractivity contribution is 7.92. The second-order valence-electron chi connectivity index (χ2n) is 7.07. The van der Waals surface area contributed by atoms with Crippen molar-refractivity contribution in [2.75, 3.05) is 17.1 Å². The number of rotatable bonds is 7. The van der Waals surface area contributed by atoms with E-state index in [0.717, 1.165) is 16.5 Å². The van der Waals surface area contributed by atoms with E-state index in [0.29, 0.717) is 5.75 Å². The molecule has 164 valence electrons. The molecule has 4 rings (SSSR count). The molecule has 4 N–H and O–H groups in total. The van der Waals surface area contributed by atoms with Crippen LogP contribution in [0, 0.1) is 0 Å². The number of ether oxygens (including phenoxy) is 1. The van der Waals surface area contributed by atoms with Crippen molar-refractivity contribution in [3.05, 3.63) is 78.5 Å². The van der Waals surface area contributed by atoms with Gasteiger partial charge in [-0.05, 0) is 42.0 Å². The predicted octanol–water partition coefficient (Wildman–Crippen LogP) is 3.86. The summed E-state index contributed by atoms with van der Waals surface area (Å²) in [5.74, 6) is -0.270. The molecule has 0 spiro atoms. The predicted molar refractivity (Wildman–Crippen MR) is 123 cm³/mol. The van der Waals surface area contributed by atoms with Gasteiger partial charge in [0.25, 0.3) is 10.0 Å². The lowest BCUT2D eigenvalue weighted by atomic mass is 10.1. The normalized spacial score (nSPS) is 11.3. The van der Waals surface area contributed by atoms with Crippen LogP contribution in [-0.4, -0.2) is 31.5 Å². The number of aromatic nitrogens is 1. The molecule has 0 unspecified atom stereocenters. The first-order valence-corrected chi connectivity index (χ1v) is 11.2. The highest BCUT2D eigenvalue weighted by atomic mass is 32.2. The molecule has 0 saturated heterocycles. The Morgan fingerprint density at radius 2 is 1.78 bits per heavy atom. The Morgan fingerprint density at radius 3 is 2.59 bits per heavy atom. The first-order valence-electron chi connectivity index (χ1n) is 9.71. The van der Waals surface area contributed by atoms with Crippen LogP contribution in [0.3, 0.4) is 0 Å². The molecule has 0 saturated carbocycles. The molecule has 0 aliphatic heterocycles. The van der Waals surface area contributed by atoms with Crippen molar-refractivity contribution in [1.29, 1.82) is 0 Å².